The van der Waals surface area contributed by atoms with Crippen molar-refractivity contribution in [2.75, 3.05) is 6.54 Å². The standard InChI is InChI=1S/C7H14N2O3/c1-4(10)5(3-8)2-6(9)7(11)12/h5-6H,2-3,8-9H2,1H3,(H,11,12)/t5?,6-/m0/s1. The van der Waals surface area contributed by atoms with E-state index in [9.17, 15) is 9.59 Å². The molecule has 0 bridgehead atoms. The van der Waals surface area contributed by atoms with Gasteiger partial charge in [0.1, 0.15) is 11.8 Å². The number of Topliss-reactive ketones (excluding diaryl/α,β-unsaturated/α-hetero) is 1. The summed E-state index contributed by atoms with van der Waals surface area (Å²) in [5.41, 5.74) is 10.5. The minimum atomic E-state index is -1.10. The topological polar surface area (TPSA) is 106 Å². The summed E-state index contributed by atoms with van der Waals surface area (Å²) in [6.07, 6.45) is 0.112. The van der Waals surface area contributed by atoms with Crippen molar-refractivity contribution >= 4 is 11.8 Å². The van der Waals surface area contributed by atoms with E-state index in [0.29, 0.717) is 0 Å². The Balaban J connectivity index is 4.02. The third kappa shape index (κ3) is 3.45. The minimum absolute atomic E-state index is 0.112. The summed E-state index contributed by atoms with van der Waals surface area (Å²) in [6.45, 7) is 1.53. The summed E-state index contributed by atoms with van der Waals surface area (Å²) in [4.78, 5) is 21.1. The SMILES string of the molecule is CC(=O)C(CN)C[C@H](N)C(=O)O. The molecule has 0 aromatic carbocycles. The van der Waals surface area contributed by atoms with Gasteiger partial charge < -0.3 is 16.6 Å². The molecule has 0 saturated carbocycles. The average Bonchev–Trinajstić information content (AvgIpc) is 1.98. The second kappa shape index (κ2) is 4.84. The lowest BCUT2D eigenvalue weighted by Crippen LogP contribution is -2.36. The van der Waals surface area contributed by atoms with Crippen LogP contribution in [0.15, 0.2) is 0 Å². The highest BCUT2D eigenvalue weighted by molar-refractivity contribution is 5.80. The molecule has 0 radical (unpaired) electrons. The maximum absolute atomic E-state index is 10.8. The Morgan fingerprint density at radius 3 is 2.25 bits per heavy atom. The second-order valence-corrected chi connectivity index (χ2v) is 2.72. The maximum Gasteiger partial charge on any atom is 0.320 e. The van der Waals surface area contributed by atoms with Crippen molar-refractivity contribution in [3.05, 3.63) is 0 Å². The zero-order valence-electron chi connectivity index (χ0n) is 6.99. The molecular formula is C7H14N2O3. The molecule has 70 valence electrons. The third-order valence-corrected chi connectivity index (χ3v) is 1.72. The molecule has 0 aromatic heterocycles. The number of carbonyl (C=O) groups is 2. The van der Waals surface area contributed by atoms with E-state index in [0.717, 1.165) is 0 Å². The number of nitrogens with two attached hydrogens (primary N) is 2. The highest BCUT2D eigenvalue weighted by Crippen LogP contribution is 2.05. The lowest BCUT2D eigenvalue weighted by atomic mass is 9.97. The van der Waals surface area contributed by atoms with Gasteiger partial charge in [0.25, 0.3) is 0 Å². The lowest BCUT2D eigenvalue weighted by molar-refractivity contribution is -0.139. The number of ketones is 1. The molecule has 5 heteroatoms. The van der Waals surface area contributed by atoms with E-state index < -0.39 is 17.9 Å². The summed E-state index contributed by atoms with van der Waals surface area (Å²) in [5, 5.41) is 8.43. The van der Waals surface area contributed by atoms with Crippen LogP contribution in [-0.2, 0) is 9.59 Å². The molecule has 12 heavy (non-hydrogen) atoms. The van der Waals surface area contributed by atoms with Crippen LogP contribution in [0.5, 0.6) is 0 Å². The first-order chi connectivity index (χ1) is 5.49. The van der Waals surface area contributed by atoms with Gasteiger partial charge in [-0.1, -0.05) is 0 Å². The molecule has 0 aliphatic rings. The molecule has 0 heterocycles. The highest BCUT2D eigenvalue weighted by Gasteiger charge is 2.20. The molecule has 5 nitrogen and oxygen atoms in total. The van der Waals surface area contributed by atoms with Crippen molar-refractivity contribution in [3.63, 3.8) is 0 Å². The summed E-state index contributed by atoms with van der Waals surface area (Å²) in [5.74, 6) is -1.65. The van der Waals surface area contributed by atoms with Gasteiger partial charge in [0.2, 0.25) is 0 Å². The van der Waals surface area contributed by atoms with E-state index in [1.165, 1.54) is 6.92 Å². The van der Waals surface area contributed by atoms with Crippen LogP contribution in [0, 0.1) is 5.92 Å². The number of rotatable bonds is 5. The van der Waals surface area contributed by atoms with Crippen molar-refractivity contribution in [1.82, 2.24) is 0 Å². The first kappa shape index (κ1) is 11.1. The van der Waals surface area contributed by atoms with Crippen LogP contribution in [0.25, 0.3) is 0 Å². The molecule has 0 spiro atoms. The van der Waals surface area contributed by atoms with Crippen molar-refractivity contribution in [3.8, 4) is 0 Å². The Kier molecular flexibility index (Phi) is 4.46. The fraction of sp³-hybridized carbons (Fsp3) is 0.714. The smallest absolute Gasteiger partial charge is 0.320 e. The van der Waals surface area contributed by atoms with Gasteiger partial charge in [-0.2, -0.15) is 0 Å². The molecule has 5 N–H and O–H groups in total. The number of hydrogen-bond donors (Lipinski definition) is 3. The normalized spacial score (nSPS) is 15.2. The molecule has 0 rings (SSSR count). The number of hydrogen-bond acceptors (Lipinski definition) is 4. The van der Waals surface area contributed by atoms with Crippen molar-refractivity contribution < 1.29 is 14.7 Å². The van der Waals surface area contributed by atoms with Gasteiger partial charge in [0.15, 0.2) is 0 Å². The van der Waals surface area contributed by atoms with Gasteiger partial charge in [-0.05, 0) is 13.3 Å². The van der Waals surface area contributed by atoms with Gasteiger partial charge >= 0.3 is 5.97 Å². The molecule has 2 atom stereocenters. The predicted octanol–water partition coefficient (Wildman–Crippen LogP) is -1.05. The molecule has 0 aromatic rings. The zero-order valence-corrected chi connectivity index (χ0v) is 6.99. The first-order valence-electron chi connectivity index (χ1n) is 3.68. The van der Waals surface area contributed by atoms with Crippen molar-refractivity contribution in [1.29, 1.82) is 0 Å². The number of carbonyl (C=O) groups excluding carboxylic acids is 1. The highest BCUT2D eigenvalue weighted by atomic mass is 16.4. The van der Waals surface area contributed by atoms with Gasteiger partial charge in [-0.3, -0.25) is 9.59 Å². The lowest BCUT2D eigenvalue weighted by Gasteiger charge is -2.13. The number of carboxylic acids is 1. The van der Waals surface area contributed by atoms with Crippen LogP contribution >= 0.6 is 0 Å². The fourth-order valence-corrected chi connectivity index (χ4v) is 0.835. The largest absolute Gasteiger partial charge is 0.480 e. The molecule has 0 amide bonds. The Morgan fingerprint density at radius 1 is 1.50 bits per heavy atom. The Hall–Kier alpha value is -0.940. The van der Waals surface area contributed by atoms with Crippen molar-refractivity contribution in [2.45, 2.75) is 19.4 Å². The van der Waals surface area contributed by atoms with E-state index in [2.05, 4.69) is 0 Å². The van der Waals surface area contributed by atoms with E-state index in [-0.39, 0.29) is 18.7 Å². The summed E-state index contributed by atoms with van der Waals surface area (Å²) in [6, 6.07) is -0.998. The second-order valence-electron chi connectivity index (χ2n) is 2.72. The number of carboxylic acid groups (broad SMARTS) is 1. The first-order valence-corrected chi connectivity index (χ1v) is 3.68. The molecule has 1 unspecified atom stereocenters. The Bertz CT molecular complexity index is 181. The number of aliphatic carboxylic acids is 1. The molecule has 0 aliphatic carbocycles. The van der Waals surface area contributed by atoms with Gasteiger partial charge in [-0.15, -0.1) is 0 Å². The van der Waals surface area contributed by atoms with E-state index >= 15 is 0 Å². The van der Waals surface area contributed by atoms with E-state index in [1.54, 1.807) is 0 Å². The molecule has 0 fully saturated rings. The van der Waals surface area contributed by atoms with E-state index in [4.69, 9.17) is 16.6 Å². The van der Waals surface area contributed by atoms with Crippen LogP contribution in [-0.4, -0.2) is 29.4 Å². The Morgan fingerprint density at radius 2 is 2.00 bits per heavy atom. The van der Waals surface area contributed by atoms with Crippen LogP contribution in [0.4, 0.5) is 0 Å². The van der Waals surface area contributed by atoms with Crippen LogP contribution in [0.1, 0.15) is 13.3 Å². The van der Waals surface area contributed by atoms with E-state index in [1.807, 2.05) is 0 Å². The Labute approximate surface area is 70.7 Å². The zero-order chi connectivity index (χ0) is 9.72. The van der Waals surface area contributed by atoms with Crippen molar-refractivity contribution in [2.24, 2.45) is 17.4 Å². The minimum Gasteiger partial charge on any atom is -0.480 e. The fourth-order valence-electron chi connectivity index (χ4n) is 0.835. The summed E-state index contributed by atoms with van der Waals surface area (Å²) < 4.78 is 0. The van der Waals surface area contributed by atoms with Gasteiger partial charge in [0, 0.05) is 12.5 Å². The predicted molar refractivity (Wildman–Crippen MR) is 43.5 cm³/mol. The third-order valence-electron chi connectivity index (χ3n) is 1.72. The van der Waals surface area contributed by atoms with Crippen LogP contribution in [0.2, 0.25) is 0 Å². The average molecular weight is 174 g/mol. The van der Waals surface area contributed by atoms with Gasteiger partial charge in [0.05, 0.1) is 0 Å². The summed E-state index contributed by atoms with van der Waals surface area (Å²) in [7, 11) is 0. The quantitative estimate of drug-likeness (QED) is 0.493. The van der Waals surface area contributed by atoms with Crippen LogP contribution in [0.3, 0.4) is 0 Å². The summed E-state index contributed by atoms with van der Waals surface area (Å²) >= 11 is 0. The van der Waals surface area contributed by atoms with Gasteiger partial charge in [-0.25, -0.2) is 0 Å². The maximum atomic E-state index is 10.8. The monoisotopic (exact) mass is 174 g/mol. The molecule has 0 saturated heterocycles. The molecule has 0 aliphatic heterocycles. The molecular weight excluding hydrogens is 160 g/mol. The van der Waals surface area contributed by atoms with Crippen LogP contribution < -0.4 is 11.5 Å².